The molecule has 1 saturated heterocycles. The predicted molar refractivity (Wildman–Crippen MR) is 59.6 cm³/mol. The molecule has 78 valence electrons. The molecular weight excluding hydrogens is 194 g/mol. The van der Waals surface area contributed by atoms with Crippen LogP contribution in [0.25, 0.3) is 0 Å². The highest BCUT2D eigenvalue weighted by atomic mass is 32.1. The number of hydrogen-bond donors (Lipinski definition) is 0. The van der Waals surface area contributed by atoms with Crippen LogP contribution in [0, 0.1) is 0 Å². The van der Waals surface area contributed by atoms with Crippen LogP contribution in [-0.2, 0) is 0 Å². The number of thiazole rings is 1. The van der Waals surface area contributed by atoms with Crippen molar-refractivity contribution in [2.45, 2.75) is 12.5 Å². The first kappa shape index (κ1) is 10.1. The smallest absolute Gasteiger partial charge is 0.111 e. The number of hydrogen-bond acceptors (Lipinski definition) is 4. The van der Waals surface area contributed by atoms with Crippen molar-refractivity contribution in [3.05, 3.63) is 16.6 Å². The van der Waals surface area contributed by atoms with Crippen molar-refractivity contribution in [2.75, 3.05) is 33.7 Å². The SMILES string of the molecule is CN1CCCN(C)C(c2nccs2)C1. The summed E-state index contributed by atoms with van der Waals surface area (Å²) in [6.45, 7) is 3.48. The van der Waals surface area contributed by atoms with Gasteiger partial charge in [-0.2, -0.15) is 0 Å². The van der Waals surface area contributed by atoms with Crippen molar-refractivity contribution in [3.8, 4) is 0 Å². The molecule has 3 nitrogen and oxygen atoms in total. The molecule has 0 spiro atoms. The molecule has 0 bridgehead atoms. The second-order valence-corrected chi connectivity index (χ2v) is 4.91. The summed E-state index contributed by atoms with van der Waals surface area (Å²) in [6.07, 6.45) is 3.16. The molecule has 1 aliphatic heterocycles. The summed E-state index contributed by atoms with van der Waals surface area (Å²) in [5.41, 5.74) is 0. The molecule has 2 rings (SSSR count). The van der Waals surface area contributed by atoms with Crippen LogP contribution in [-0.4, -0.2) is 48.5 Å². The highest BCUT2D eigenvalue weighted by Gasteiger charge is 2.23. The summed E-state index contributed by atoms with van der Waals surface area (Å²) in [4.78, 5) is 9.23. The van der Waals surface area contributed by atoms with Gasteiger partial charge in [0.15, 0.2) is 0 Å². The van der Waals surface area contributed by atoms with Crippen molar-refractivity contribution in [2.24, 2.45) is 0 Å². The summed E-state index contributed by atoms with van der Waals surface area (Å²) >= 11 is 1.77. The normalized spacial score (nSPS) is 26.3. The molecule has 0 aromatic carbocycles. The van der Waals surface area contributed by atoms with Gasteiger partial charge in [-0.25, -0.2) is 4.98 Å². The van der Waals surface area contributed by atoms with Crippen LogP contribution in [0.2, 0.25) is 0 Å². The van der Waals surface area contributed by atoms with Gasteiger partial charge in [-0.15, -0.1) is 11.3 Å². The van der Waals surface area contributed by atoms with Gasteiger partial charge in [0.2, 0.25) is 0 Å². The number of likely N-dealkylation sites (N-methyl/N-ethyl adjacent to an activating group) is 2. The molecule has 2 heterocycles. The summed E-state index contributed by atoms with van der Waals surface area (Å²) in [5.74, 6) is 0. The van der Waals surface area contributed by atoms with Crippen molar-refractivity contribution in [3.63, 3.8) is 0 Å². The number of aromatic nitrogens is 1. The minimum absolute atomic E-state index is 0.488. The molecule has 0 saturated carbocycles. The van der Waals surface area contributed by atoms with Gasteiger partial charge < -0.3 is 4.90 Å². The Morgan fingerprint density at radius 3 is 3.00 bits per heavy atom. The summed E-state index contributed by atoms with van der Waals surface area (Å²) in [7, 11) is 4.39. The summed E-state index contributed by atoms with van der Waals surface area (Å²) < 4.78 is 0. The zero-order valence-electron chi connectivity index (χ0n) is 8.81. The van der Waals surface area contributed by atoms with Crippen molar-refractivity contribution < 1.29 is 0 Å². The van der Waals surface area contributed by atoms with Gasteiger partial charge in [0, 0.05) is 18.1 Å². The highest BCUT2D eigenvalue weighted by molar-refractivity contribution is 7.09. The minimum Gasteiger partial charge on any atom is -0.304 e. The van der Waals surface area contributed by atoms with Gasteiger partial charge in [0.25, 0.3) is 0 Å². The van der Waals surface area contributed by atoms with Crippen LogP contribution in [0.4, 0.5) is 0 Å². The van der Waals surface area contributed by atoms with E-state index in [4.69, 9.17) is 0 Å². The maximum Gasteiger partial charge on any atom is 0.111 e. The van der Waals surface area contributed by atoms with Gasteiger partial charge in [0.05, 0.1) is 6.04 Å². The standard InChI is InChI=1S/C10H17N3S/c1-12-5-3-6-13(2)9(8-12)10-11-4-7-14-10/h4,7,9H,3,5-6,8H2,1-2H3. The van der Waals surface area contributed by atoms with Gasteiger partial charge >= 0.3 is 0 Å². The second-order valence-electron chi connectivity index (χ2n) is 3.98. The second kappa shape index (κ2) is 4.38. The molecule has 1 unspecified atom stereocenters. The summed E-state index contributed by atoms with van der Waals surface area (Å²) in [6, 6.07) is 0.488. The third kappa shape index (κ3) is 2.13. The molecule has 1 aromatic rings. The third-order valence-corrected chi connectivity index (χ3v) is 3.68. The van der Waals surface area contributed by atoms with Crippen LogP contribution in [0.1, 0.15) is 17.5 Å². The van der Waals surface area contributed by atoms with Gasteiger partial charge in [-0.05, 0) is 33.6 Å². The Hall–Kier alpha value is -0.450. The van der Waals surface area contributed by atoms with E-state index >= 15 is 0 Å². The molecular formula is C10H17N3S. The lowest BCUT2D eigenvalue weighted by atomic mass is 10.2. The molecule has 0 N–H and O–H groups in total. The van der Waals surface area contributed by atoms with E-state index in [-0.39, 0.29) is 0 Å². The Balaban J connectivity index is 2.14. The Bertz CT molecular complexity index is 273. The Morgan fingerprint density at radius 2 is 2.29 bits per heavy atom. The van der Waals surface area contributed by atoms with Crippen LogP contribution in [0.3, 0.4) is 0 Å². The van der Waals surface area contributed by atoms with Crippen LogP contribution < -0.4 is 0 Å². The molecule has 1 fully saturated rings. The topological polar surface area (TPSA) is 19.4 Å². The first-order valence-corrected chi connectivity index (χ1v) is 5.93. The van der Waals surface area contributed by atoms with E-state index in [0.717, 1.165) is 6.54 Å². The van der Waals surface area contributed by atoms with E-state index in [1.807, 2.05) is 6.20 Å². The molecule has 14 heavy (non-hydrogen) atoms. The van der Waals surface area contributed by atoms with Gasteiger partial charge in [-0.1, -0.05) is 0 Å². The minimum atomic E-state index is 0.488. The average molecular weight is 211 g/mol. The molecule has 0 amide bonds. The van der Waals surface area contributed by atoms with Crippen LogP contribution >= 0.6 is 11.3 Å². The van der Waals surface area contributed by atoms with Crippen LogP contribution in [0.5, 0.6) is 0 Å². The van der Waals surface area contributed by atoms with Crippen molar-refractivity contribution in [1.82, 2.24) is 14.8 Å². The lowest BCUT2D eigenvalue weighted by Gasteiger charge is -2.25. The Labute approximate surface area is 89.4 Å². The predicted octanol–water partition coefficient (Wildman–Crippen LogP) is 1.45. The molecule has 1 aromatic heterocycles. The Kier molecular flexibility index (Phi) is 3.15. The fraction of sp³-hybridized carbons (Fsp3) is 0.700. The number of rotatable bonds is 1. The number of nitrogens with zero attached hydrogens (tertiary/aromatic N) is 3. The highest BCUT2D eigenvalue weighted by Crippen LogP contribution is 2.24. The maximum atomic E-state index is 4.42. The first-order chi connectivity index (χ1) is 6.77. The molecule has 1 aliphatic rings. The van der Waals surface area contributed by atoms with Crippen LogP contribution in [0.15, 0.2) is 11.6 Å². The van der Waals surface area contributed by atoms with Gasteiger partial charge in [-0.3, -0.25) is 4.90 Å². The summed E-state index contributed by atoms with van der Waals surface area (Å²) in [5, 5.41) is 3.31. The lowest BCUT2D eigenvalue weighted by molar-refractivity contribution is 0.228. The Morgan fingerprint density at radius 1 is 1.43 bits per heavy atom. The third-order valence-electron chi connectivity index (χ3n) is 2.80. The zero-order chi connectivity index (χ0) is 9.97. The lowest BCUT2D eigenvalue weighted by Crippen LogP contribution is -2.30. The van der Waals surface area contributed by atoms with Crippen molar-refractivity contribution in [1.29, 1.82) is 0 Å². The van der Waals surface area contributed by atoms with Gasteiger partial charge in [0.1, 0.15) is 5.01 Å². The molecule has 1 atom stereocenters. The monoisotopic (exact) mass is 211 g/mol. The molecule has 0 radical (unpaired) electrons. The zero-order valence-corrected chi connectivity index (χ0v) is 9.63. The van der Waals surface area contributed by atoms with E-state index in [1.165, 1.54) is 24.5 Å². The van der Waals surface area contributed by atoms with E-state index < -0.39 is 0 Å². The van der Waals surface area contributed by atoms with Crippen molar-refractivity contribution >= 4 is 11.3 Å². The fourth-order valence-electron chi connectivity index (χ4n) is 1.94. The molecule has 4 heteroatoms. The van der Waals surface area contributed by atoms with E-state index in [1.54, 1.807) is 11.3 Å². The van der Waals surface area contributed by atoms with E-state index in [2.05, 4.69) is 34.3 Å². The fourth-order valence-corrected chi connectivity index (χ4v) is 2.73. The first-order valence-electron chi connectivity index (χ1n) is 5.05. The largest absolute Gasteiger partial charge is 0.304 e. The average Bonchev–Trinajstić information content (AvgIpc) is 2.61. The molecule has 0 aliphatic carbocycles. The quantitative estimate of drug-likeness (QED) is 0.701. The van der Waals surface area contributed by atoms with E-state index in [9.17, 15) is 0 Å². The maximum absolute atomic E-state index is 4.42. The van der Waals surface area contributed by atoms with E-state index in [0.29, 0.717) is 6.04 Å².